The van der Waals surface area contributed by atoms with Crippen molar-refractivity contribution in [3.8, 4) is 0 Å². The van der Waals surface area contributed by atoms with Crippen LogP contribution in [-0.4, -0.2) is 23.9 Å². The SMILES string of the molecule is [CH2]C(O)C1CCCCO1. The average Bonchev–Trinajstić information content (AvgIpc) is 1.90. The van der Waals surface area contributed by atoms with Crippen LogP contribution >= 0.6 is 0 Å². The molecule has 2 heteroatoms. The van der Waals surface area contributed by atoms with Crippen molar-refractivity contribution in [3.05, 3.63) is 6.92 Å². The van der Waals surface area contributed by atoms with Crippen LogP contribution in [0.1, 0.15) is 19.3 Å². The zero-order valence-electron chi connectivity index (χ0n) is 5.55. The molecule has 0 aromatic carbocycles. The summed E-state index contributed by atoms with van der Waals surface area (Å²) in [6.07, 6.45) is 2.72. The van der Waals surface area contributed by atoms with E-state index in [4.69, 9.17) is 9.84 Å². The van der Waals surface area contributed by atoms with E-state index < -0.39 is 6.10 Å². The quantitative estimate of drug-likeness (QED) is 0.566. The van der Waals surface area contributed by atoms with Gasteiger partial charge in [0.05, 0.1) is 12.2 Å². The fraction of sp³-hybridized carbons (Fsp3) is 0.857. The molecule has 53 valence electrons. The van der Waals surface area contributed by atoms with Gasteiger partial charge in [-0.1, -0.05) is 0 Å². The molecule has 2 atom stereocenters. The van der Waals surface area contributed by atoms with E-state index in [9.17, 15) is 0 Å². The highest BCUT2D eigenvalue weighted by Crippen LogP contribution is 2.14. The number of hydrogen-bond donors (Lipinski definition) is 1. The van der Waals surface area contributed by atoms with Gasteiger partial charge in [0.15, 0.2) is 0 Å². The second kappa shape index (κ2) is 3.18. The van der Waals surface area contributed by atoms with Crippen LogP contribution in [0.25, 0.3) is 0 Å². The van der Waals surface area contributed by atoms with Crippen molar-refractivity contribution in [1.82, 2.24) is 0 Å². The Kier molecular flexibility index (Phi) is 2.49. The van der Waals surface area contributed by atoms with Crippen LogP contribution in [0.3, 0.4) is 0 Å². The Morgan fingerprint density at radius 3 is 2.67 bits per heavy atom. The van der Waals surface area contributed by atoms with Crippen molar-refractivity contribution >= 4 is 0 Å². The lowest BCUT2D eigenvalue weighted by atomic mass is 10.1. The van der Waals surface area contributed by atoms with Crippen LogP contribution in [0, 0.1) is 6.92 Å². The van der Waals surface area contributed by atoms with Crippen molar-refractivity contribution < 1.29 is 9.84 Å². The van der Waals surface area contributed by atoms with Gasteiger partial charge in [0, 0.05) is 6.61 Å². The van der Waals surface area contributed by atoms with E-state index in [2.05, 4.69) is 6.92 Å². The van der Waals surface area contributed by atoms with Crippen molar-refractivity contribution in [3.63, 3.8) is 0 Å². The van der Waals surface area contributed by atoms with Gasteiger partial charge in [-0.25, -0.2) is 0 Å². The van der Waals surface area contributed by atoms with Crippen LogP contribution in [0.5, 0.6) is 0 Å². The summed E-state index contributed by atoms with van der Waals surface area (Å²) < 4.78 is 5.23. The molecule has 1 rings (SSSR count). The number of rotatable bonds is 1. The van der Waals surface area contributed by atoms with Gasteiger partial charge in [0.2, 0.25) is 0 Å². The highest BCUT2D eigenvalue weighted by molar-refractivity contribution is 4.73. The van der Waals surface area contributed by atoms with E-state index in [0.717, 1.165) is 25.9 Å². The molecule has 0 bridgehead atoms. The summed E-state index contributed by atoms with van der Waals surface area (Å²) in [6, 6.07) is 0. The maximum atomic E-state index is 8.94. The molecule has 1 fully saturated rings. The first kappa shape index (κ1) is 7.03. The van der Waals surface area contributed by atoms with Gasteiger partial charge >= 0.3 is 0 Å². The summed E-state index contributed by atoms with van der Waals surface area (Å²) in [7, 11) is 0. The maximum Gasteiger partial charge on any atom is 0.0833 e. The molecule has 1 saturated heterocycles. The lowest BCUT2D eigenvalue weighted by Crippen LogP contribution is -2.29. The lowest BCUT2D eigenvalue weighted by molar-refractivity contribution is -0.0451. The van der Waals surface area contributed by atoms with Crippen molar-refractivity contribution in [2.75, 3.05) is 6.61 Å². The Morgan fingerprint density at radius 1 is 1.56 bits per heavy atom. The van der Waals surface area contributed by atoms with Crippen molar-refractivity contribution in [2.24, 2.45) is 0 Å². The molecule has 1 aliphatic heterocycles. The maximum absolute atomic E-state index is 8.94. The highest BCUT2D eigenvalue weighted by Gasteiger charge is 2.17. The minimum absolute atomic E-state index is 0.00116. The zero-order chi connectivity index (χ0) is 6.69. The van der Waals surface area contributed by atoms with Gasteiger partial charge in [-0.2, -0.15) is 0 Å². The Labute approximate surface area is 55.8 Å². The smallest absolute Gasteiger partial charge is 0.0833 e. The van der Waals surface area contributed by atoms with Crippen LogP contribution in [0.4, 0.5) is 0 Å². The topological polar surface area (TPSA) is 29.5 Å². The second-order valence-electron chi connectivity index (χ2n) is 2.47. The molecular weight excluding hydrogens is 116 g/mol. The summed E-state index contributed by atoms with van der Waals surface area (Å²) in [5, 5.41) is 8.94. The van der Waals surface area contributed by atoms with Gasteiger partial charge < -0.3 is 9.84 Å². The molecule has 0 saturated carbocycles. The van der Waals surface area contributed by atoms with Gasteiger partial charge in [-0.05, 0) is 26.2 Å². The van der Waals surface area contributed by atoms with E-state index in [0.29, 0.717) is 0 Å². The normalized spacial score (nSPS) is 32.0. The number of aliphatic hydroxyl groups is 1. The first-order chi connectivity index (χ1) is 4.30. The van der Waals surface area contributed by atoms with Crippen LogP contribution in [0.2, 0.25) is 0 Å². The molecule has 1 N–H and O–H groups in total. The average molecular weight is 129 g/mol. The molecule has 2 unspecified atom stereocenters. The molecule has 9 heavy (non-hydrogen) atoms. The molecule has 0 amide bonds. The summed E-state index contributed by atoms with van der Waals surface area (Å²) >= 11 is 0. The van der Waals surface area contributed by atoms with E-state index in [-0.39, 0.29) is 6.10 Å². The van der Waals surface area contributed by atoms with Crippen LogP contribution < -0.4 is 0 Å². The molecule has 0 aliphatic carbocycles. The molecular formula is C7H13O2. The van der Waals surface area contributed by atoms with E-state index in [1.807, 2.05) is 0 Å². The fourth-order valence-corrected chi connectivity index (χ4v) is 1.07. The van der Waals surface area contributed by atoms with E-state index in [1.54, 1.807) is 0 Å². The first-order valence-corrected chi connectivity index (χ1v) is 3.43. The monoisotopic (exact) mass is 129 g/mol. The summed E-state index contributed by atoms with van der Waals surface area (Å²) in [5.74, 6) is 0. The van der Waals surface area contributed by atoms with Crippen LogP contribution in [0.15, 0.2) is 0 Å². The standard InChI is InChI=1S/C7H13O2/c1-6(8)7-4-2-3-5-9-7/h6-8H,1-5H2. The highest BCUT2D eigenvalue weighted by atomic mass is 16.5. The van der Waals surface area contributed by atoms with Crippen LogP contribution in [-0.2, 0) is 4.74 Å². The predicted octanol–water partition coefficient (Wildman–Crippen LogP) is 0.750. The molecule has 0 aromatic rings. The lowest BCUT2D eigenvalue weighted by Gasteiger charge is -2.24. The summed E-state index contributed by atoms with van der Waals surface area (Å²) in [4.78, 5) is 0. The van der Waals surface area contributed by atoms with Gasteiger partial charge in [0.25, 0.3) is 0 Å². The third-order valence-corrected chi connectivity index (χ3v) is 1.64. The predicted molar refractivity (Wildman–Crippen MR) is 35.0 cm³/mol. The fourth-order valence-electron chi connectivity index (χ4n) is 1.07. The molecule has 1 radical (unpaired) electrons. The Balaban J connectivity index is 2.23. The second-order valence-corrected chi connectivity index (χ2v) is 2.47. The van der Waals surface area contributed by atoms with E-state index in [1.165, 1.54) is 0 Å². The number of hydrogen-bond acceptors (Lipinski definition) is 2. The van der Waals surface area contributed by atoms with E-state index >= 15 is 0 Å². The summed E-state index contributed by atoms with van der Waals surface area (Å²) in [5.41, 5.74) is 0. The largest absolute Gasteiger partial charge is 0.390 e. The molecule has 2 nitrogen and oxygen atoms in total. The van der Waals surface area contributed by atoms with Crippen molar-refractivity contribution in [1.29, 1.82) is 0 Å². The molecule has 0 aromatic heterocycles. The molecule has 1 heterocycles. The summed E-state index contributed by atoms with van der Waals surface area (Å²) in [6.45, 7) is 4.28. The minimum atomic E-state index is -0.537. The third-order valence-electron chi connectivity index (χ3n) is 1.64. The van der Waals surface area contributed by atoms with Gasteiger partial charge in [0.1, 0.15) is 0 Å². The third kappa shape index (κ3) is 1.95. The zero-order valence-corrected chi connectivity index (χ0v) is 5.55. The Bertz CT molecular complexity index is 75.0. The Hall–Kier alpha value is -0.0800. The number of aliphatic hydroxyl groups excluding tert-OH is 1. The number of ether oxygens (including phenoxy) is 1. The minimum Gasteiger partial charge on any atom is -0.390 e. The van der Waals surface area contributed by atoms with Gasteiger partial charge in [-0.15, -0.1) is 0 Å². The first-order valence-electron chi connectivity index (χ1n) is 3.43. The van der Waals surface area contributed by atoms with Crippen molar-refractivity contribution in [2.45, 2.75) is 31.5 Å². The molecule has 1 aliphatic rings. The Morgan fingerprint density at radius 2 is 2.33 bits per heavy atom. The molecule has 0 spiro atoms. The van der Waals surface area contributed by atoms with Gasteiger partial charge in [-0.3, -0.25) is 0 Å².